The van der Waals surface area contributed by atoms with Gasteiger partial charge in [0.1, 0.15) is 0 Å². The minimum Gasteiger partial charge on any atom is -0.346 e. The molecule has 2 aromatic carbocycles. The summed E-state index contributed by atoms with van der Waals surface area (Å²) in [4.78, 5) is 25.6. The third kappa shape index (κ3) is 6.24. The van der Waals surface area contributed by atoms with E-state index in [-0.39, 0.29) is 28.7 Å². The van der Waals surface area contributed by atoms with Crippen molar-refractivity contribution in [2.75, 3.05) is 18.4 Å². The Hall–Kier alpha value is -2.71. The van der Waals surface area contributed by atoms with E-state index >= 15 is 0 Å². The highest BCUT2D eigenvalue weighted by atomic mass is 32.2. The lowest BCUT2D eigenvalue weighted by Crippen LogP contribution is -2.30. The van der Waals surface area contributed by atoms with Crippen LogP contribution in [0.25, 0.3) is 0 Å². The molecule has 0 saturated heterocycles. The Morgan fingerprint density at radius 3 is 2.26 bits per heavy atom. The first-order valence-electron chi connectivity index (χ1n) is 12.1. The molecule has 34 heavy (non-hydrogen) atoms. The normalized spacial score (nSPS) is 15.6. The van der Waals surface area contributed by atoms with Crippen LogP contribution in [0.4, 0.5) is 5.69 Å². The number of rotatable bonds is 9. The maximum absolute atomic E-state index is 12.8. The fourth-order valence-corrected chi connectivity index (χ4v) is 5.81. The molecule has 2 amide bonds. The van der Waals surface area contributed by atoms with Gasteiger partial charge >= 0.3 is 0 Å². The monoisotopic (exact) mass is 485 g/mol. The van der Waals surface area contributed by atoms with Crippen LogP contribution in [-0.2, 0) is 14.8 Å². The van der Waals surface area contributed by atoms with Crippen LogP contribution in [-0.4, -0.2) is 37.6 Å². The second-order valence-electron chi connectivity index (χ2n) is 8.76. The summed E-state index contributed by atoms with van der Waals surface area (Å²) in [7, 11) is -3.52. The lowest BCUT2D eigenvalue weighted by Gasteiger charge is -2.21. The third-order valence-corrected chi connectivity index (χ3v) is 8.50. The molecule has 8 heteroatoms. The summed E-state index contributed by atoms with van der Waals surface area (Å²) in [6, 6.07) is 13.2. The molecular weight excluding hydrogens is 450 g/mol. The number of nitrogens with zero attached hydrogens (tertiary/aromatic N) is 1. The van der Waals surface area contributed by atoms with Crippen molar-refractivity contribution in [2.45, 2.75) is 63.8 Å². The predicted molar refractivity (Wildman–Crippen MR) is 134 cm³/mol. The molecule has 1 aliphatic carbocycles. The molecule has 0 heterocycles. The second-order valence-corrected chi connectivity index (χ2v) is 10.7. The van der Waals surface area contributed by atoms with Crippen molar-refractivity contribution in [3.63, 3.8) is 0 Å². The van der Waals surface area contributed by atoms with Gasteiger partial charge in [-0.2, -0.15) is 4.31 Å². The van der Waals surface area contributed by atoms with Gasteiger partial charge in [-0.15, -0.1) is 0 Å². The molecule has 0 aliphatic heterocycles. The van der Waals surface area contributed by atoms with E-state index in [0.717, 1.165) is 31.2 Å². The molecule has 2 N–H and O–H groups in total. The lowest BCUT2D eigenvalue weighted by atomic mass is 9.88. The molecule has 7 nitrogen and oxygen atoms in total. The lowest BCUT2D eigenvalue weighted by molar-refractivity contribution is -0.120. The first-order valence-corrected chi connectivity index (χ1v) is 13.5. The highest BCUT2D eigenvalue weighted by Gasteiger charge is 2.23. The first kappa shape index (κ1) is 25.9. The molecule has 0 radical (unpaired) electrons. The molecule has 0 bridgehead atoms. The van der Waals surface area contributed by atoms with Gasteiger partial charge in [0.25, 0.3) is 5.91 Å². The van der Waals surface area contributed by atoms with Gasteiger partial charge in [-0.05, 0) is 55.7 Å². The highest BCUT2D eigenvalue weighted by molar-refractivity contribution is 7.89. The van der Waals surface area contributed by atoms with E-state index < -0.39 is 10.0 Å². The van der Waals surface area contributed by atoms with Gasteiger partial charge in [0.2, 0.25) is 15.9 Å². The first-order chi connectivity index (χ1) is 16.3. The van der Waals surface area contributed by atoms with E-state index in [2.05, 4.69) is 10.6 Å². The predicted octanol–water partition coefficient (Wildman–Crippen LogP) is 4.73. The van der Waals surface area contributed by atoms with E-state index in [1.165, 1.54) is 10.7 Å². The molecule has 0 spiro atoms. The average molecular weight is 486 g/mol. The summed E-state index contributed by atoms with van der Waals surface area (Å²) in [6.07, 6.45) is 5.19. The molecular formula is C26H35N3O4S. The zero-order valence-corrected chi connectivity index (χ0v) is 21.0. The summed E-state index contributed by atoms with van der Waals surface area (Å²) in [6.45, 7) is 6.29. The maximum atomic E-state index is 12.8. The van der Waals surface area contributed by atoms with Crippen LogP contribution >= 0.6 is 0 Å². The van der Waals surface area contributed by atoms with Gasteiger partial charge in [-0.3, -0.25) is 9.59 Å². The number of amides is 2. The maximum Gasteiger partial charge on any atom is 0.251 e. The van der Waals surface area contributed by atoms with E-state index in [9.17, 15) is 18.0 Å². The fraction of sp³-hybridized carbons (Fsp3) is 0.462. The Morgan fingerprint density at radius 2 is 1.65 bits per heavy atom. The van der Waals surface area contributed by atoms with Gasteiger partial charge in [-0.25, -0.2) is 8.42 Å². The molecule has 1 saturated carbocycles. The fourth-order valence-electron chi connectivity index (χ4n) is 4.35. The number of anilines is 1. The smallest absolute Gasteiger partial charge is 0.251 e. The van der Waals surface area contributed by atoms with E-state index in [1.807, 2.05) is 20.8 Å². The molecule has 2 aromatic rings. The number of nitrogens with one attached hydrogen (secondary N) is 2. The summed E-state index contributed by atoms with van der Waals surface area (Å²) in [5.41, 5.74) is 1.87. The molecule has 1 atom stereocenters. The summed E-state index contributed by atoms with van der Waals surface area (Å²) in [5.74, 6) is -0.203. The summed E-state index contributed by atoms with van der Waals surface area (Å²) < 4.78 is 26.8. The van der Waals surface area contributed by atoms with Gasteiger partial charge in [0, 0.05) is 30.3 Å². The standard InChI is InChI=1S/C26H35N3O4S/c1-4-29(5-2)34(32,33)24-16-14-20(15-17-24)19(3)27-26(31)22-12-9-13-23(18-22)28-25(30)21-10-7-6-8-11-21/h9,12-19,21H,4-8,10-11H2,1-3H3,(H,27,31)(H,28,30). The Bertz CT molecular complexity index is 1090. The Morgan fingerprint density at radius 1 is 1.00 bits per heavy atom. The molecule has 0 aromatic heterocycles. The quantitative estimate of drug-likeness (QED) is 0.537. The molecule has 184 valence electrons. The van der Waals surface area contributed by atoms with Crippen molar-refractivity contribution in [3.8, 4) is 0 Å². The average Bonchev–Trinajstić information content (AvgIpc) is 2.85. The van der Waals surface area contributed by atoms with Crippen molar-refractivity contribution in [2.24, 2.45) is 5.92 Å². The van der Waals surface area contributed by atoms with Gasteiger partial charge in [0.15, 0.2) is 0 Å². The van der Waals surface area contributed by atoms with Crippen molar-refractivity contribution < 1.29 is 18.0 Å². The van der Waals surface area contributed by atoms with E-state index in [0.29, 0.717) is 24.3 Å². The number of hydrogen-bond donors (Lipinski definition) is 2. The Balaban J connectivity index is 1.64. The van der Waals surface area contributed by atoms with Crippen molar-refractivity contribution in [1.29, 1.82) is 0 Å². The Labute approximate surface area is 203 Å². The minimum absolute atomic E-state index is 0.0189. The number of carbonyl (C=O) groups is 2. The topological polar surface area (TPSA) is 95.6 Å². The number of benzene rings is 2. The zero-order valence-electron chi connectivity index (χ0n) is 20.2. The molecule has 1 fully saturated rings. The van der Waals surface area contributed by atoms with Gasteiger partial charge in [-0.1, -0.05) is 51.3 Å². The van der Waals surface area contributed by atoms with Gasteiger partial charge in [0.05, 0.1) is 10.9 Å². The van der Waals surface area contributed by atoms with Crippen molar-refractivity contribution in [3.05, 3.63) is 59.7 Å². The highest BCUT2D eigenvalue weighted by Crippen LogP contribution is 2.25. The molecule has 3 rings (SSSR count). The number of sulfonamides is 1. The van der Waals surface area contributed by atoms with Gasteiger partial charge < -0.3 is 10.6 Å². The van der Waals surface area contributed by atoms with Crippen LogP contribution in [0.1, 0.15) is 74.8 Å². The van der Waals surface area contributed by atoms with E-state index in [1.54, 1.807) is 48.5 Å². The summed E-state index contributed by atoms with van der Waals surface area (Å²) in [5, 5.41) is 5.90. The number of hydrogen-bond acceptors (Lipinski definition) is 4. The molecule has 1 unspecified atom stereocenters. The number of carbonyl (C=O) groups excluding carboxylic acids is 2. The van der Waals surface area contributed by atoms with Crippen molar-refractivity contribution >= 4 is 27.5 Å². The van der Waals surface area contributed by atoms with Crippen LogP contribution < -0.4 is 10.6 Å². The largest absolute Gasteiger partial charge is 0.346 e. The van der Waals surface area contributed by atoms with Crippen LogP contribution in [0.5, 0.6) is 0 Å². The molecule has 1 aliphatic rings. The minimum atomic E-state index is -3.52. The van der Waals surface area contributed by atoms with E-state index in [4.69, 9.17) is 0 Å². The SMILES string of the molecule is CCN(CC)S(=O)(=O)c1ccc(C(C)NC(=O)c2cccc(NC(=O)C3CCCCC3)c2)cc1. The van der Waals surface area contributed by atoms with Crippen LogP contribution in [0.15, 0.2) is 53.4 Å². The van der Waals surface area contributed by atoms with Crippen LogP contribution in [0.2, 0.25) is 0 Å². The third-order valence-electron chi connectivity index (χ3n) is 6.44. The van der Waals surface area contributed by atoms with Crippen LogP contribution in [0, 0.1) is 5.92 Å². The Kier molecular flexibility index (Phi) is 8.85. The zero-order chi connectivity index (χ0) is 24.7. The second kappa shape index (κ2) is 11.6. The summed E-state index contributed by atoms with van der Waals surface area (Å²) >= 11 is 0. The van der Waals surface area contributed by atoms with Crippen molar-refractivity contribution in [1.82, 2.24) is 9.62 Å². The van der Waals surface area contributed by atoms with Crippen LogP contribution in [0.3, 0.4) is 0 Å².